The van der Waals surface area contributed by atoms with Crippen LogP contribution in [0.5, 0.6) is 0 Å². The van der Waals surface area contributed by atoms with E-state index < -0.39 is 0 Å². The van der Waals surface area contributed by atoms with E-state index in [0.29, 0.717) is 11.8 Å². The number of aryl methyl sites for hydroxylation is 1. The van der Waals surface area contributed by atoms with Crippen molar-refractivity contribution in [3.05, 3.63) is 71.0 Å². The standard InChI is InChI=1S/C32H45F/c1-3-7-30-20-21-31(23-32(30)33)29-18-16-26(17-19-29)11-10-25-12-14-27(15-13-25)22-24(2)28-8-5-4-6-9-28/h4-6,8-9,20-21,23-27,29H,3,7,10-19,22H2,1-2H3. The third-order valence-electron chi connectivity index (χ3n) is 8.92. The van der Waals surface area contributed by atoms with Gasteiger partial charge in [0.25, 0.3) is 0 Å². The largest absolute Gasteiger partial charge is 0.207 e. The van der Waals surface area contributed by atoms with Crippen LogP contribution in [0.4, 0.5) is 4.39 Å². The molecule has 0 amide bonds. The van der Waals surface area contributed by atoms with Gasteiger partial charge < -0.3 is 0 Å². The molecule has 1 atom stereocenters. The van der Waals surface area contributed by atoms with E-state index in [4.69, 9.17) is 0 Å². The lowest BCUT2D eigenvalue weighted by Gasteiger charge is -2.33. The number of hydrogen-bond acceptors (Lipinski definition) is 0. The fourth-order valence-electron chi connectivity index (χ4n) is 6.72. The zero-order valence-electron chi connectivity index (χ0n) is 21.1. The highest BCUT2D eigenvalue weighted by Gasteiger charge is 2.26. The van der Waals surface area contributed by atoms with Gasteiger partial charge in [-0.05, 0) is 90.9 Å². The van der Waals surface area contributed by atoms with Crippen molar-refractivity contribution in [2.45, 2.75) is 109 Å². The highest BCUT2D eigenvalue weighted by Crippen LogP contribution is 2.41. The number of rotatable bonds is 9. The second-order valence-corrected chi connectivity index (χ2v) is 11.3. The Morgan fingerprint density at radius 2 is 1.39 bits per heavy atom. The molecule has 0 N–H and O–H groups in total. The molecule has 0 bridgehead atoms. The summed E-state index contributed by atoms with van der Waals surface area (Å²) in [5, 5.41) is 0. The van der Waals surface area contributed by atoms with E-state index in [-0.39, 0.29) is 5.82 Å². The van der Waals surface area contributed by atoms with E-state index in [1.165, 1.54) is 81.8 Å². The molecule has 180 valence electrons. The van der Waals surface area contributed by atoms with E-state index in [1.54, 1.807) is 0 Å². The van der Waals surface area contributed by atoms with Gasteiger partial charge in [0.15, 0.2) is 0 Å². The Labute approximate surface area is 202 Å². The van der Waals surface area contributed by atoms with Gasteiger partial charge in [-0.2, -0.15) is 0 Å². The van der Waals surface area contributed by atoms with Gasteiger partial charge in [0, 0.05) is 0 Å². The van der Waals surface area contributed by atoms with Crippen molar-refractivity contribution in [1.29, 1.82) is 0 Å². The van der Waals surface area contributed by atoms with Crippen molar-refractivity contribution < 1.29 is 4.39 Å². The Morgan fingerprint density at radius 3 is 2.00 bits per heavy atom. The van der Waals surface area contributed by atoms with Gasteiger partial charge in [0.2, 0.25) is 0 Å². The number of benzene rings is 2. The molecule has 4 rings (SSSR count). The minimum atomic E-state index is 0.0187. The molecule has 2 aromatic rings. The molecule has 33 heavy (non-hydrogen) atoms. The van der Waals surface area contributed by atoms with Crippen LogP contribution in [0.25, 0.3) is 0 Å². The maximum atomic E-state index is 14.4. The van der Waals surface area contributed by atoms with Gasteiger partial charge in [-0.15, -0.1) is 0 Å². The van der Waals surface area contributed by atoms with Gasteiger partial charge in [-0.3, -0.25) is 0 Å². The first-order chi connectivity index (χ1) is 16.1. The van der Waals surface area contributed by atoms with Crippen LogP contribution in [0.3, 0.4) is 0 Å². The molecule has 1 unspecified atom stereocenters. The van der Waals surface area contributed by atoms with Crippen LogP contribution >= 0.6 is 0 Å². The zero-order chi connectivity index (χ0) is 23.0. The number of halogens is 1. The lowest BCUT2D eigenvalue weighted by Crippen LogP contribution is -2.18. The van der Waals surface area contributed by atoms with Gasteiger partial charge in [-0.25, -0.2) is 4.39 Å². The summed E-state index contributed by atoms with van der Waals surface area (Å²) in [5.41, 5.74) is 3.64. The maximum Gasteiger partial charge on any atom is 0.126 e. The molecule has 2 aliphatic rings. The Kier molecular flexibility index (Phi) is 9.04. The van der Waals surface area contributed by atoms with Crippen molar-refractivity contribution >= 4 is 0 Å². The van der Waals surface area contributed by atoms with Crippen LogP contribution in [-0.4, -0.2) is 0 Å². The van der Waals surface area contributed by atoms with Crippen molar-refractivity contribution in [2.24, 2.45) is 17.8 Å². The average molecular weight is 449 g/mol. The summed E-state index contributed by atoms with van der Waals surface area (Å²) >= 11 is 0. The summed E-state index contributed by atoms with van der Waals surface area (Å²) in [6.45, 7) is 4.53. The Balaban J connectivity index is 1.14. The molecule has 2 saturated carbocycles. The van der Waals surface area contributed by atoms with Crippen LogP contribution < -0.4 is 0 Å². The van der Waals surface area contributed by atoms with E-state index in [2.05, 4.69) is 50.2 Å². The summed E-state index contributed by atoms with van der Waals surface area (Å²) in [6, 6.07) is 17.2. The number of hydrogen-bond donors (Lipinski definition) is 0. The van der Waals surface area contributed by atoms with E-state index in [1.807, 2.05) is 12.1 Å². The highest BCUT2D eigenvalue weighted by atomic mass is 19.1. The minimum absolute atomic E-state index is 0.0187. The van der Waals surface area contributed by atoms with Crippen LogP contribution in [-0.2, 0) is 6.42 Å². The van der Waals surface area contributed by atoms with Crippen molar-refractivity contribution in [1.82, 2.24) is 0 Å². The highest BCUT2D eigenvalue weighted by molar-refractivity contribution is 5.27. The molecule has 0 nitrogen and oxygen atoms in total. The molecule has 2 fully saturated rings. The Morgan fingerprint density at radius 1 is 0.788 bits per heavy atom. The predicted octanol–water partition coefficient (Wildman–Crippen LogP) is 9.83. The lowest BCUT2D eigenvalue weighted by molar-refractivity contribution is 0.220. The molecule has 0 radical (unpaired) electrons. The molecule has 2 aliphatic carbocycles. The van der Waals surface area contributed by atoms with Crippen LogP contribution in [0, 0.1) is 23.6 Å². The molecular weight excluding hydrogens is 403 g/mol. The minimum Gasteiger partial charge on any atom is -0.207 e. The first kappa shape index (κ1) is 24.5. The smallest absolute Gasteiger partial charge is 0.126 e. The van der Waals surface area contributed by atoms with Crippen molar-refractivity contribution in [2.75, 3.05) is 0 Å². The predicted molar refractivity (Wildman–Crippen MR) is 139 cm³/mol. The lowest BCUT2D eigenvalue weighted by atomic mass is 9.73. The van der Waals surface area contributed by atoms with Gasteiger partial charge in [0.1, 0.15) is 5.82 Å². The SMILES string of the molecule is CCCc1ccc(C2CCC(CCC3CCC(CC(C)c4ccccc4)CC3)CC2)cc1F. The maximum absolute atomic E-state index is 14.4. The first-order valence-electron chi connectivity index (χ1n) is 14.0. The van der Waals surface area contributed by atoms with Gasteiger partial charge >= 0.3 is 0 Å². The fraction of sp³-hybridized carbons (Fsp3) is 0.625. The first-order valence-corrected chi connectivity index (χ1v) is 14.0. The zero-order valence-corrected chi connectivity index (χ0v) is 21.1. The van der Waals surface area contributed by atoms with Crippen LogP contribution in [0.1, 0.15) is 119 Å². The molecule has 1 heteroatoms. The second kappa shape index (κ2) is 12.2. The van der Waals surface area contributed by atoms with Crippen LogP contribution in [0.2, 0.25) is 0 Å². The molecule has 2 aromatic carbocycles. The molecule has 0 spiro atoms. The van der Waals surface area contributed by atoms with Crippen molar-refractivity contribution in [3.63, 3.8) is 0 Å². The van der Waals surface area contributed by atoms with Gasteiger partial charge in [0.05, 0.1) is 0 Å². The quantitative estimate of drug-likeness (QED) is 0.358. The summed E-state index contributed by atoms with van der Waals surface area (Å²) in [7, 11) is 0. The average Bonchev–Trinajstić information content (AvgIpc) is 2.86. The van der Waals surface area contributed by atoms with Crippen molar-refractivity contribution in [3.8, 4) is 0 Å². The Bertz CT molecular complexity index is 825. The fourth-order valence-corrected chi connectivity index (χ4v) is 6.72. The molecule has 0 heterocycles. The Hall–Kier alpha value is -1.63. The summed E-state index contributed by atoms with van der Waals surface area (Å²) in [4.78, 5) is 0. The van der Waals surface area contributed by atoms with Crippen LogP contribution in [0.15, 0.2) is 48.5 Å². The third kappa shape index (κ3) is 6.93. The normalized spacial score (nSPS) is 26.8. The monoisotopic (exact) mass is 448 g/mol. The summed E-state index contributed by atoms with van der Waals surface area (Å²) in [5.74, 6) is 4.08. The topological polar surface area (TPSA) is 0 Å². The molecule has 0 aliphatic heterocycles. The van der Waals surface area contributed by atoms with E-state index in [9.17, 15) is 4.39 Å². The molecular formula is C32H45F. The molecule has 0 aromatic heterocycles. The summed E-state index contributed by atoms with van der Waals surface area (Å²) in [6.07, 6.45) is 17.0. The third-order valence-corrected chi connectivity index (χ3v) is 8.92. The summed E-state index contributed by atoms with van der Waals surface area (Å²) < 4.78 is 14.4. The second-order valence-electron chi connectivity index (χ2n) is 11.3. The van der Waals surface area contributed by atoms with E-state index in [0.717, 1.165) is 36.2 Å². The van der Waals surface area contributed by atoms with Gasteiger partial charge in [-0.1, -0.05) is 101 Å². The van der Waals surface area contributed by atoms with E-state index >= 15 is 0 Å². The molecule has 0 saturated heterocycles.